The molecule has 4 aliphatic carbocycles. The summed E-state index contributed by atoms with van der Waals surface area (Å²) in [5.74, 6) is 5.75. The van der Waals surface area contributed by atoms with E-state index in [0.29, 0.717) is 0 Å². The lowest BCUT2D eigenvalue weighted by Gasteiger charge is -2.46. The number of benzene rings is 1. The van der Waals surface area contributed by atoms with Crippen LogP contribution in [0.1, 0.15) is 63.0 Å². The zero-order valence-electron chi connectivity index (χ0n) is 15.5. The summed E-state index contributed by atoms with van der Waals surface area (Å²) < 4.78 is 0. The molecule has 0 spiro atoms. The molecule has 0 amide bonds. The summed E-state index contributed by atoms with van der Waals surface area (Å²) in [4.78, 5) is 0.804. The first-order valence-electron chi connectivity index (χ1n) is 10.6. The van der Waals surface area contributed by atoms with Crippen LogP contribution in [0.15, 0.2) is 29.8 Å². The number of hydrogen-bond donors (Lipinski definition) is 0. The van der Waals surface area contributed by atoms with Gasteiger partial charge >= 0.3 is 0 Å². The smallest absolute Gasteiger partial charge is 0.0207 e. The van der Waals surface area contributed by atoms with Crippen LogP contribution in [0.2, 0.25) is 0 Å². The van der Waals surface area contributed by atoms with Gasteiger partial charge < -0.3 is 0 Å². The van der Waals surface area contributed by atoms with Crippen LogP contribution in [0.5, 0.6) is 0 Å². The zero-order chi connectivity index (χ0) is 17.0. The summed E-state index contributed by atoms with van der Waals surface area (Å²) in [5.41, 5.74) is 4.73. The molecule has 0 radical (unpaired) electrons. The molecule has 5 rings (SSSR count). The Balaban J connectivity index is 1.34. The van der Waals surface area contributed by atoms with Gasteiger partial charge in [-0.3, -0.25) is 0 Å². The highest BCUT2D eigenvalue weighted by molar-refractivity contribution is 9.09. The Morgan fingerprint density at radius 3 is 2.72 bits per heavy atom. The summed E-state index contributed by atoms with van der Waals surface area (Å²) >= 11 is 4.21. The molecule has 0 aromatic heterocycles. The third-order valence-electron chi connectivity index (χ3n) is 8.17. The highest BCUT2D eigenvalue weighted by Crippen LogP contribution is 2.58. The Kier molecular flexibility index (Phi) is 4.35. The predicted octanol–water partition coefficient (Wildman–Crippen LogP) is 6.88. The molecule has 0 N–H and O–H groups in total. The van der Waals surface area contributed by atoms with Crippen molar-refractivity contribution in [1.29, 1.82) is 0 Å². The van der Waals surface area contributed by atoms with E-state index in [9.17, 15) is 0 Å². The minimum Gasteiger partial charge on any atom is -0.0884 e. The Hall–Kier alpha value is -0.560. The number of allylic oxidation sites excluding steroid dienone is 1. The van der Waals surface area contributed by atoms with Crippen molar-refractivity contribution in [1.82, 2.24) is 0 Å². The van der Waals surface area contributed by atoms with Gasteiger partial charge in [0.2, 0.25) is 0 Å². The van der Waals surface area contributed by atoms with E-state index in [2.05, 4.69) is 53.2 Å². The third-order valence-corrected chi connectivity index (χ3v) is 9.52. The van der Waals surface area contributed by atoms with Gasteiger partial charge in [0.1, 0.15) is 0 Å². The molecule has 0 bridgehead atoms. The van der Waals surface area contributed by atoms with E-state index < -0.39 is 0 Å². The van der Waals surface area contributed by atoms with Gasteiger partial charge in [-0.1, -0.05) is 78.0 Å². The fourth-order valence-corrected chi connectivity index (χ4v) is 8.29. The quantitative estimate of drug-likeness (QED) is 0.476. The van der Waals surface area contributed by atoms with E-state index in [1.807, 2.05) is 0 Å². The van der Waals surface area contributed by atoms with E-state index >= 15 is 0 Å². The summed E-state index contributed by atoms with van der Waals surface area (Å²) in [6.45, 7) is 2.55. The maximum absolute atomic E-state index is 4.21. The van der Waals surface area contributed by atoms with Crippen LogP contribution >= 0.6 is 15.9 Å². The Morgan fingerprint density at radius 2 is 1.84 bits per heavy atom. The van der Waals surface area contributed by atoms with Crippen molar-refractivity contribution in [2.45, 2.75) is 63.1 Å². The number of fused-ring (bicyclic) bond motifs is 3. The average molecular weight is 399 g/mol. The molecule has 1 heteroatoms. The summed E-state index contributed by atoms with van der Waals surface area (Å²) in [6.07, 6.45) is 14.0. The standard InChI is InChI=1S/C24H31Br/c1-15-10-23-22(14-19-8-4-5-9-20(19)24(23)25)21(15)13-16-11-17-6-2-3-7-18(17)12-16/h2-3,6-7,11,15,19-24H,4-5,8-10,12-14H2,1H3. The van der Waals surface area contributed by atoms with Crippen molar-refractivity contribution in [3.63, 3.8) is 0 Å². The Labute approximate surface area is 161 Å². The molecule has 3 fully saturated rings. The van der Waals surface area contributed by atoms with Crippen LogP contribution in [0, 0.1) is 35.5 Å². The molecule has 0 aliphatic heterocycles. The molecule has 0 saturated heterocycles. The Morgan fingerprint density at radius 1 is 1.00 bits per heavy atom. The van der Waals surface area contributed by atoms with Crippen molar-refractivity contribution >= 4 is 22.0 Å². The minimum atomic E-state index is 0.804. The molecule has 0 heterocycles. The van der Waals surface area contributed by atoms with Crippen molar-refractivity contribution in [2.24, 2.45) is 35.5 Å². The first-order chi connectivity index (χ1) is 12.2. The SMILES string of the molecule is CC1CC2C(Br)C3CCCCC3CC2C1CC1=Cc2ccccc2C1. The molecule has 1 aromatic carbocycles. The van der Waals surface area contributed by atoms with Gasteiger partial charge in [0.15, 0.2) is 0 Å². The van der Waals surface area contributed by atoms with Crippen molar-refractivity contribution < 1.29 is 0 Å². The summed E-state index contributed by atoms with van der Waals surface area (Å²) in [5, 5.41) is 0. The van der Waals surface area contributed by atoms with Crippen LogP contribution < -0.4 is 0 Å². The molecule has 25 heavy (non-hydrogen) atoms. The van der Waals surface area contributed by atoms with Gasteiger partial charge in [-0.15, -0.1) is 0 Å². The fourth-order valence-electron chi connectivity index (χ4n) is 6.99. The highest BCUT2D eigenvalue weighted by atomic mass is 79.9. The second-order valence-electron chi connectivity index (χ2n) is 9.48. The first-order valence-corrected chi connectivity index (χ1v) is 11.5. The van der Waals surface area contributed by atoms with Crippen LogP contribution in [0.4, 0.5) is 0 Å². The monoisotopic (exact) mass is 398 g/mol. The number of rotatable bonds is 2. The molecule has 0 nitrogen and oxygen atoms in total. The molecule has 7 atom stereocenters. The Bertz CT molecular complexity index is 674. The van der Waals surface area contributed by atoms with E-state index in [1.54, 1.807) is 11.1 Å². The topological polar surface area (TPSA) is 0 Å². The second kappa shape index (κ2) is 6.55. The van der Waals surface area contributed by atoms with E-state index in [-0.39, 0.29) is 0 Å². The molecule has 134 valence electrons. The van der Waals surface area contributed by atoms with Crippen molar-refractivity contribution in [2.75, 3.05) is 0 Å². The average Bonchev–Trinajstić information content (AvgIpc) is 3.17. The fraction of sp³-hybridized carbons (Fsp3) is 0.667. The molecule has 1 aromatic rings. The molecular formula is C24H31Br. The van der Waals surface area contributed by atoms with E-state index in [0.717, 1.165) is 40.3 Å². The van der Waals surface area contributed by atoms with Crippen LogP contribution in [-0.4, -0.2) is 4.83 Å². The summed E-state index contributed by atoms with van der Waals surface area (Å²) in [7, 11) is 0. The van der Waals surface area contributed by atoms with Crippen molar-refractivity contribution in [3.05, 3.63) is 41.0 Å². The summed E-state index contributed by atoms with van der Waals surface area (Å²) in [6, 6.07) is 9.00. The number of alkyl halides is 1. The van der Waals surface area contributed by atoms with Gasteiger partial charge in [0, 0.05) is 4.83 Å². The second-order valence-corrected chi connectivity index (χ2v) is 10.5. The maximum atomic E-state index is 4.21. The molecule has 4 aliphatic rings. The van der Waals surface area contributed by atoms with Crippen LogP contribution in [0.3, 0.4) is 0 Å². The lowest BCUT2D eigenvalue weighted by Crippen LogP contribution is -2.41. The van der Waals surface area contributed by atoms with Gasteiger partial charge in [0.05, 0.1) is 0 Å². The number of halogens is 1. The first kappa shape index (κ1) is 16.6. The van der Waals surface area contributed by atoms with Crippen molar-refractivity contribution in [3.8, 4) is 0 Å². The van der Waals surface area contributed by atoms with Crippen LogP contribution in [-0.2, 0) is 6.42 Å². The highest BCUT2D eigenvalue weighted by Gasteiger charge is 2.51. The third kappa shape index (κ3) is 2.85. The normalized spacial score (nSPS) is 42.5. The predicted molar refractivity (Wildman–Crippen MR) is 110 cm³/mol. The van der Waals surface area contributed by atoms with Gasteiger partial charge in [-0.25, -0.2) is 0 Å². The largest absolute Gasteiger partial charge is 0.0884 e. The van der Waals surface area contributed by atoms with Gasteiger partial charge in [0.25, 0.3) is 0 Å². The number of hydrogen-bond acceptors (Lipinski definition) is 0. The maximum Gasteiger partial charge on any atom is 0.0207 e. The molecular weight excluding hydrogens is 368 g/mol. The molecule has 3 saturated carbocycles. The lowest BCUT2D eigenvalue weighted by molar-refractivity contribution is 0.0855. The van der Waals surface area contributed by atoms with E-state index in [4.69, 9.17) is 0 Å². The molecule has 7 unspecified atom stereocenters. The van der Waals surface area contributed by atoms with Gasteiger partial charge in [-0.2, -0.15) is 0 Å². The van der Waals surface area contributed by atoms with Gasteiger partial charge in [-0.05, 0) is 78.7 Å². The van der Waals surface area contributed by atoms with E-state index in [1.165, 1.54) is 56.9 Å². The lowest BCUT2D eigenvalue weighted by atomic mass is 9.62. The zero-order valence-corrected chi connectivity index (χ0v) is 17.0. The van der Waals surface area contributed by atoms with Crippen LogP contribution in [0.25, 0.3) is 6.08 Å². The minimum absolute atomic E-state index is 0.804.